The Morgan fingerprint density at radius 2 is 2.03 bits per heavy atom. The average molecular weight is 401 g/mol. The number of imidazole rings is 1. The highest BCUT2D eigenvalue weighted by atomic mass is 16.5. The number of rotatable bonds is 6. The molecule has 4 rings (SSSR count). The Balaban J connectivity index is 1.55. The number of carbonyl (C=O) groups excluding carboxylic acids is 1. The fraction of sp³-hybridized carbons (Fsp3) is 0.0909. The van der Waals surface area contributed by atoms with Gasteiger partial charge in [0.05, 0.1) is 24.4 Å². The number of methoxy groups -OCH3 is 1. The highest BCUT2D eigenvalue weighted by molar-refractivity contribution is 5.85. The van der Waals surface area contributed by atoms with Crippen molar-refractivity contribution in [3.63, 3.8) is 0 Å². The van der Waals surface area contributed by atoms with Crippen LogP contribution in [0.15, 0.2) is 72.0 Å². The van der Waals surface area contributed by atoms with Crippen molar-refractivity contribution < 1.29 is 14.6 Å². The number of amides is 1. The zero-order valence-corrected chi connectivity index (χ0v) is 16.2. The number of benzene rings is 2. The van der Waals surface area contributed by atoms with Gasteiger partial charge in [0.2, 0.25) is 0 Å². The minimum Gasteiger partial charge on any atom is -0.504 e. The van der Waals surface area contributed by atoms with Gasteiger partial charge in [-0.1, -0.05) is 18.2 Å². The molecule has 0 aliphatic heterocycles. The van der Waals surface area contributed by atoms with E-state index in [0.29, 0.717) is 22.8 Å². The molecular formula is C22H19N5O3. The van der Waals surface area contributed by atoms with E-state index in [-0.39, 0.29) is 18.2 Å². The van der Waals surface area contributed by atoms with Gasteiger partial charge in [-0.15, -0.1) is 0 Å². The zero-order chi connectivity index (χ0) is 20.9. The third-order valence-corrected chi connectivity index (χ3v) is 4.46. The number of para-hydroxylation sites is 2. The Hall–Kier alpha value is -4.20. The van der Waals surface area contributed by atoms with Gasteiger partial charge in [-0.25, -0.2) is 10.4 Å². The molecule has 30 heavy (non-hydrogen) atoms. The first-order valence-corrected chi connectivity index (χ1v) is 9.21. The number of pyridine rings is 1. The smallest absolute Gasteiger partial charge is 0.260 e. The summed E-state index contributed by atoms with van der Waals surface area (Å²) in [5, 5.41) is 13.6. The summed E-state index contributed by atoms with van der Waals surface area (Å²) in [6.07, 6.45) is 3.17. The molecule has 0 aliphatic carbocycles. The van der Waals surface area contributed by atoms with Gasteiger partial charge in [-0.05, 0) is 48.0 Å². The van der Waals surface area contributed by atoms with Crippen LogP contribution < -0.4 is 10.2 Å². The van der Waals surface area contributed by atoms with E-state index in [1.807, 2.05) is 47.0 Å². The number of hydrazone groups is 1. The number of carbonyl (C=O) groups is 1. The molecule has 0 saturated heterocycles. The number of hydrogen-bond donors (Lipinski definition) is 2. The van der Waals surface area contributed by atoms with E-state index >= 15 is 0 Å². The molecule has 0 radical (unpaired) electrons. The highest BCUT2D eigenvalue weighted by Crippen LogP contribution is 2.25. The fourth-order valence-electron chi connectivity index (χ4n) is 3.06. The summed E-state index contributed by atoms with van der Waals surface area (Å²) in [4.78, 5) is 21.5. The number of nitrogens with zero attached hydrogens (tertiary/aromatic N) is 4. The first kappa shape index (κ1) is 19.1. The van der Waals surface area contributed by atoms with Crippen LogP contribution in [0, 0.1) is 0 Å². The highest BCUT2D eigenvalue weighted by Gasteiger charge is 2.15. The second-order valence-electron chi connectivity index (χ2n) is 6.45. The minimum absolute atomic E-state index is 0.0304. The molecule has 1 amide bonds. The van der Waals surface area contributed by atoms with Crippen LogP contribution in [0.5, 0.6) is 11.5 Å². The maximum atomic E-state index is 12.5. The predicted molar refractivity (Wildman–Crippen MR) is 113 cm³/mol. The summed E-state index contributed by atoms with van der Waals surface area (Å²) in [7, 11) is 1.46. The average Bonchev–Trinajstić information content (AvgIpc) is 3.14. The van der Waals surface area contributed by atoms with E-state index in [9.17, 15) is 9.90 Å². The molecule has 2 aromatic heterocycles. The van der Waals surface area contributed by atoms with Crippen LogP contribution in [0.3, 0.4) is 0 Å². The Morgan fingerprint density at radius 1 is 1.20 bits per heavy atom. The number of aromatic hydroxyl groups is 1. The first-order valence-electron chi connectivity index (χ1n) is 9.21. The standard InChI is InChI=1S/C22H19N5O3/c1-30-20-12-15(9-10-19(20)28)13-24-26-21(29)14-27-18-8-3-2-6-16(18)25-22(27)17-7-4-5-11-23-17/h2-13,28H,14H2,1H3,(H,26,29)/b24-13-. The van der Waals surface area contributed by atoms with E-state index in [2.05, 4.69) is 20.5 Å². The monoisotopic (exact) mass is 401 g/mol. The number of aromatic nitrogens is 3. The molecule has 150 valence electrons. The van der Waals surface area contributed by atoms with Crippen LogP contribution in [0.1, 0.15) is 5.56 Å². The van der Waals surface area contributed by atoms with E-state index < -0.39 is 0 Å². The van der Waals surface area contributed by atoms with Crippen molar-refractivity contribution in [2.24, 2.45) is 5.10 Å². The zero-order valence-electron chi connectivity index (χ0n) is 16.2. The molecule has 2 heterocycles. The van der Waals surface area contributed by atoms with E-state index in [0.717, 1.165) is 11.0 Å². The van der Waals surface area contributed by atoms with Gasteiger partial charge in [0.1, 0.15) is 12.2 Å². The second kappa shape index (κ2) is 8.44. The SMILES string of the molecule is COc1cc(/C=N\NC(=O)Cn2c(-c3ccccn3)nc3ccccc32)ccc1O. The molecule has 2 aromatic carbocycles. The summed E-state index contributed by atoms with van der Waals surface area (Å²) in [6, 6.07) is 17.9. The number of phenolic OH excluding ortho intramolecular Hbond substituents is 1. The van der Waals surface area contributed by atoms with Gasteiger partial charge < -0.3 is 14.4 Å². The van der Waals surface area contributed by atoms with Crippen molar-refractivity contribution in [3.8, 4) is 23.0 Å². The lowest BCUT2D eigenvalue weighted by Crippen LogP contribution is -2.23. The minimum atomic E-state index is -0.308. The first-order chi connectivity index (χ1) is 14.7. The molecule has 8 nitrogen and oxygen atoms in total. The fourth-order valence-corrected chi connectivity index (χ4v) is 3.06. The largest absolute Gasteiger partial charge is 0.504 e. The van der Waals surface area contributed by atoms with Gasteiger partial charge in [0.25, 0.3) is 5.91 Å². The van der Waals surface area contributed by atoms with Crippen molar-refractivity contribution in [3.05, 3.63) is 72.4 Å². The number of phenols is 1. The molecule has 2 N–H and O–H groups in total. The number of nitrogens with one attached hydrogen (secondary N) is 1. The molecule has 8 heteroatoms. The molecule has 0 spiro atoms. The van der Waals surface area contributed by atoms with Crippen LogP contribution in [-0.4, -0.2) is 38.9 Å². The van der Waals surface area contributed by atoms with Gasteiger partial charge >= 0.3 is 0 Å². The summed E-state index contributed by atoms with van der Waals surface area (Å²) < 4.78 is 6.88. The lowest BCUT2D eigenvalue weighted by atomic mass is 10.2. The van der Waals surface area contributed by atoms with Crippen molar-refractivity contribution >= 4 is 23.2 Å². The van der Waals surface area contributed by atoms with Gasteiger partial charge in [-0.2, -0.15) is 5.10 Å². The maximum absolute atomic E-state index is 12.5. The quantitative estimate of drug-likeness (QED) is 0.382. The van der Waals surface area contributed by atoms with Crippen LogP contribution in [-0.2, 0) is 11.3 Å². The molecule has 4 aromatic rings. The maximum Gasteiger partial charge on any atom is 0.260 e. The van der Waals surface area contributed by atoms with Crippen molar-refractivity contribution in [2.75, 3.05) is 7.11 Å². The van der Waals surface area contributed by atoms with Crippen molar-refractivity contribution in [1.29, 1.82) is 0 Å². The molecule has 0 saturated carbocycles. The lowest BCUT2D eigenvalue weighted by molar-refractivity contribution is -0.121. The Bertz CT molecular complexity index is 1220. The van der Waals surface area contributed by atoms with Gasteiger partial charge in [0, 0.05) is 6.20 Å². The topological polar surface area (TPSA) is 102 Å². The van der Waals surface area contributed by atoms with Crippen LogP contribution in [0.25, 0.3) is 22.6 Å². The molecular weight excluding hydrogens is 382 g/mol. The third kappa shape index (κ3) is 3.97. The number of fused-ring (bicyclic) bond motifs is 1. The van der Waals surface area contributed by atoms with Crippen LogP contribution in [0.4, 0.5) is 0 Å². The second-order valence-corrected chi connectivity index (χ2v) is 6.45. The molecule has 0 unspecified atom stereocenters. The summed E-state index contributed by atoms with van der Waals surface area (Å²) in [6.45, 7) is 0.0304. The summed E-state index contributed by atoms with van der Waals surface area (Å²) in [5.74, 6) is 0.666. The molecule has 0 bridgehead atoms. The number of hydrogen-bond acceptors (Lipinski definition) is 6. The van der Waals surface area contributed by atoms with E-state index in [1.165, 1.54) is 19.4 Å². The van der Waals surface area contributed by atoms with Crippen molar-refractivity contribution in [2.45, 2.75) is 6.54 Å². The predicted octanol–water partition coefficient (Wildman–Crippen LogP) is 2.96. The lowest BCUT2D eigenvalue weighted by Gasteiger charge is -2.08. The summed E-state index contributed by atoms with van der Waals surface area (Å²) >= 11 is 0. The molecule has 0 atom stereocenters. The van der Waals surface area contributed by atoms with Crippen LogP contribution in [0.2, 0.25) is 0 Å². The van der Waals surface area contributed by atoms with E-state index in [4.69, 9.17) is 4.74 Å². The van der Waals surface area contributed by atoms with Crippen LogP contribution >= 0.6 is 0 Å². The normalized spacial score (nSPS) is 11.1. The summed E-state index contributed by atoms with van der Waals surface area (Å²) in [5.41, 5.74) is 5.49. The molecule has 0 aliphatic rings. The number of ether oxygens (including phenoxy) is 1. The van der Waals surface area contributed by atoms with Gasteiger partial charge in [0.15, 0.2) is 17.3 Å². The Kier molecular flexibility index (Phi) is 5.38. The Morgan fingerprint density at radius 3 is 2.83 bits per heavy atom. The van der Waals surface area contributed by atoms with Crippen molar-refractivity contribution in [1.82, 2.24) is 20.0 Å². The molecule has 0 fully saturated rings. The van der Waals surface area contributed by atoms with E-state index in [1.54, 1.807) is 18.3 Å². The Labute approximate surface area is 172 Å². The third-order valence-electron chi connectivity index (χ3n) is 4.46. The van der Waals surface area contributed by atoms with Gasteiger partial charge in [-0.3, -0.25) is 9.78 Å².